The first kappa shape index (κ1) is 18.7. The number of carbonyl (C=O) groups is 1. The number of unbranched alkanes of at least 4 members (excludes halogenated alkanes) is 6. The first-order chi connectivity index (χ1) is 10.8. The molecule has 1 rings (SSSR count). The van der Waals surface area contributed by atoms with Gasteiger partial charge in [-0.2, -0.15) is 0 Å². The molecule has 0 unspecified atom stereocenters. The average molecular weight is 307 g/mol. The van der Waals surface area contributed by atoms with E-state index in [0.717, 1.165) is 6.54 Å². The summed E-state index contributed by atoms with van der Waals surface area (Å²) in [4.78, 5) is 15.9. The molecule has 0 aliphatic carbocycles. The maximum atomic E-state index is 12.0. The maximum absolute atomic E-state index is 12.0. The fraction of sp³-hybridized carbons (Fsp3) is 0.778. The molecule has 0 saturated carbocycles. The van der Waals surface area contributed by atoms with Crippen molar-refractivity contribution in [3.63, 3.8) is 0 Å². The van der Waals surface area contributed by atoms with Crippen LogP contribution >= 0.6 is 0 Å². The van der Waals surface area contributed by atoms with Crippen molar-refractivity contribution in [2.24, 2.45) is 5.92 Å². The predicted octanol–water partition coefficient (Wildman–Crippen LogP) is 5.00. The zero-order valence-corrected chi connectivity index (χ0v) is 14.4. The van der Waals surface area contributed by atoms with Gasteiger partial charge in [-0.05, 0) is 18.8 Å². The molecule has 4 nitrogen and oxygen atoms in total. The second-order valence-electron chi connectivity index (χ2n) is 6.22. The average Bonchev–Trinajstić information content (AvgIpc) is 3.06. The standard InChI is InChI=1S/C18H33N3O/c1-3-5-7-9-11-17(12-10-8-6-4-2)15-20-18(22)21-14-13-19-16-21/h13-14,16-17H,3-12,15H2,1-2H3,(H,20,22). The topological polar surface area (TPSA) is 46.9 Å². The van der Waals surface area contributed by atoms with Gasteiger partial charge in [-0.15, -0.1) is 0 Å². The Morgan fingerprint density at radius 2 is 1.68 bits per heavy atom. The van der Waals surface area contributed by atoms with Crippen LogP contribution in [0.15, 0.2) is 18.7 Å². The van der Waals surface area contributed by atoms with Crippen LogP contribution in [0.2, 0.25) is 0 Å². The minimum atomic E-state index is -0.0652. The lowest BCUT2D eigenvalue weighted by atomic mass is 9.94. The van der Waals surface area contributed by atoms with Crippen LogP contribution in [0.25, 0.3) is 0 Å². The summed E-state index contributed by atoms with van der Waals surface area (Å²) in [6.45, 7) is 5.27. The van der Waals surface area contributed by atoms with E-state index in [1.54, 1.807) is 18.7 Å². The molecular weight excluding hydrogens is 274 g/mol. The van der Waals surface area contributed by atoms with E-state index in [9.17, 15) is 4.79 Å². The maximum Gasteiger partial charge on any atom is 0.326 e. The van der Waals surface area contributed by atoms with Crippen molar-refractivity contribution in [2.75, 3.05) is 6.54 Å². The number of nitrogens with one attached hydrogen (secondary N) is 1. The quantitative estimate of drug-likeness (QED) is 0.552. The molecule has 0 bridgehead atoms. The highest BCUT2D eigenvalue weighted by molar-refractivity contribution is 5.76. The monoisotopic (exact) mass is 307 g/mol. The molecule has 1 aromatic heterocycles. The molecule has 22 heavy (non-hydrogen) atoms. The molecule has 4 heteroatoms. The second-order valence-corrected chi connectivity index (χ2v) is 6.22. The zero-order chi connectivity index (χ0) is 16.0. The van der Waals surface area contributed by atoms with Crippen molar-refractivity contribution in [3.05, 3.63) is 18.7 Å². The van der Waals surface area contributed by atoms with Gasteiger partial charge in [0.1, 0.15) is 6.33 Å². The van der Waals surface area contributed by atoms with Gasteiger partial charge in [-0.3, -0.25) is 4.57 Å². The number of imidazole rings is 1. The number of amides is 1. The van der Waals surface area contributed by atoms with Crippen LogP contribution in [-0.4, -0.2) is 22.1 Å². The van der Waals surface area contributed by atoms with Crippen molar-refractivity contribution >= 4 is 6.03 Å². The van der Waals surface area contributed by atoms with Gasteiger partial charge in [-0.1, -0.05) is 65.2 Å². The Balaban J connectivity index is 2.30. The SMILES string of the molecule is CCCCCCC(CCCCCC)CNC(=O)n1ccnc1. The van der Waals surface area contributed by atoms with Crippen LogP contribution in [0.4, 0.5) is 4.79 Å². The molecule has 1 amide bonds. The van der Waals surface area contributed by atoms with Crippen molar-refractivity contribution in [1.29, 1.82) is 0 Å². The summed E-state index contributed by atoms with van der Waals surface area (Å²) in [6, 6.07) is -0.0652. The molecule has 1 aromatic rings. The fourth-order valence-corrected chi connectivity index (χ4v) is 2.77. The van der Waals surface area contributed by atoms with Crippen LogP contribution in [0.1, 0.15) is 78.1 Å². The molecule has 0 spiro atoms. The molecule has 0 fully saturated rings. The third kappa shape index (κ3) is 8.20. The summed E-state index contributed by atoms with van der Waals surface area (Å²) in [7, 11) is 0. The Morgan fingerprint density at radius 3 is 2.18 bits per heavy atom. The predicted molar refractivity (Wildman–Crippen MR) is 92.0 cm³/mol. The van der Waals surface area contributed by atoms with Gasteiger partial charge in [-0.25, -0.2) is 9.78 Å². The number of hydrogen-bond donors (Lipinski definition) is 1. The lowest BCUT2D eigenvalue weighted by Crippen LogP contribution is -2.32. The molecule has 0 radical (unpaired) electrons. The minimum Gasteiger partial charge on any atom is -0.337 e. The second kappa shape index (κ2) is 12.2. The van der Waals surface area contributed by atoms with Gasteiger partial charge in [0.15, 0.2) is 0 Å². The third-order valence-corrected chi connectivity index (χ3v) is 4.21. The van der Waals surface area contributed by atoms with E-state index in [1.807, 2.05) is 0 Å². The summed E-state index contributed by atoms with van der Waals surface area (Å²) in [6.07, 6.45) is 17.7. The lowest BCUT2D eigenvalue weighted by Gasteiger charge is -2.17. The molecule has 0 atom stereocenters. The van der Waals surface area contributed by atoms with Gasteiger partial charge in [0.05, 0.1) is 0 Å². The Kier molecular flexibility index (Phi) is 10.4. The highest BCUT2D eigenvalue weighted by Gasteiger charge is 2.11. The highest BCUT2D eigenvalue weighted by atomic mass is 16.2. The zero-order valence-electron chi connectivity index (χ0n) is 14.4. The van der Waals surface area contributed by atoms with E-state index >= 15 is 0 Å². The van der Waals surface area contributed by atoms with Crippen LogP contribution in [0.5, 0.6) is 0 Å². The molecule has 1 heterocycles. The normalized spacial score (nSPS) is 11.0. The smallest absolute Gasteiger partial charge is 0.326 e. The van der Waals surface area contributed by atoms with Crippen molar-refractivity contribution in [2.45, 2.75) is 78.1 Å². The van der Waals surface area contributed by atoms with Gasteiger partial charge in [0.2, 0.25) is 0 Å². The van der Waals surface area contributed by atoms with Gasteiger partial charge >= 0.3 is 6.03 Å². The number of rotatable bonds is 12. The Bertz CT molecular complexity index is 364. The van der Waals surface area contributed by atoms with E-state index in [2.05, 4.69) is 24.1 Å². The molecule has 0 saturated heterocycles. The Morgan fingerprint density at radius 1 is 1.05 bits per heavy atom. The molecular formula is C18H33N3O. The summed E-state index contributed by atoms with van der Waals surface area (Å²) in [5.41, 5.74) is 0. The van der Waals surface area contributed by atoms with E-state index in [0.29, 0.717) is 5.92 Å². The van der Waals surface area contributed by atoms with Crippen LogP contribution in [-0.2, 0) is 0 Å². The Labute approximate surface area is 135 Å². The van der Waals surface area contributed by atoms with E-state index in [-0.39, 0.29) is 6.03 Å². The van der Waals surface area contributed by atoms with Gasteiger partial charge in [0.25, 0.3) is 0 Å². The largest absolute Gasteiger partial charge is 0.337 e. The van der Waals surface area contributed by atoms with Gasteiger partial charge < -0.3 is 5.32 Å². The van der Waals surface area contributed by atoms with Crippen molar-refractivity contribution in [1.82, 2.24) is 14.9 Å². The van der Waals surface area contributed by atoms with E-state index in [1.165, 1.54) is 68.8 Å². The summed E-state index contributed by atoms with van der Waals surface area (Å²) in [5, 5.41) is 3.05. The molecule has 0 aromatic carbocycles. The van der Waals surface area contributed by atoms with Crippen LogP contribution in [0.3, 0.4) is 0 Å². The van der Waals surface area contributed by atoms with Crippen LogP contribution < -0.4 is 5.32 Å². The molecule has 0 aliphatic rings. The van der Waals surface area contributed by atoms with E-state index < -0.39 is 0 Å². The number of hydrogen-bond acceptors (Lipinski definition) is 2. The number of nitrogens with zero attached hydrogens (tertiary/aromatic N) is 2. The van der Waals surface area contributed by atoms with Crippen molar-refractivity contribution in [3.8, 4) is 0 Å². The summed E-state index contributed by atoms with van der Waals surface area (Å²) < 4.78 is 1.51. The summed E-state index contributed by atoms with van der Waals surface area (Å²) >= 11 is 0. The number of carbonyl (C=O) groups excluding carboxylic acids is 1. The summed E-state index contributed by atoms with van der Waals surface area (Å²) in [5.74, 6) is 0.612. The van der Waals surface area contributed by atoms with Crippen molar-refractivity contribution < 1.29 is 4.79 Å². The Hall–Kier alpha value is -1.32. The molecule has 1 N–H and O–H groups in total. The first-order valence-electron chi connectivity index (χ1n) is 9.04. The molecule has 126 valence electrons. The lowest BCUT2D eigenvalue weighted by molar-refractivity contribution is 0.239. The van der Waals surface area contributed by atoms with Gasteiger partial charge in [0, 0.05) is 18.9 Å². The molecule has 0 aliphatic heterocycles. The van der Waals surface area contributed by atoms with Crippen LogP contribution in [0, 0.1) is 5.92 Å². The number of aromatic nitrogens is 2. The van der Waals surface area contributed by atoms with E-state index in [4.69, 9.17) is 0 Å². The highest BCUT2D eigenvalue weighted by Crippen LogP contribution is 2.17. The minimum absolute atomic E-state index is 0.0652. The third-order valence-electron chi connectivity index (χ3n) is 4.21. The first-order valence-corrected chi connectivity index (χ1v) is 9.04. The fourth-order valence-electron chi connectivity index (χ4n) is 2.77.